The number of likely N-dealkylation sites (N-methyl/N-ethyl adjacent to an activating group) is 1. The molecule has 1 aromatic rings. The van der Waals surface area contributed by atoms with E-state index in [2.05, 4.69) is 16.0 Å². The lowest BCUT2D eigenvalue weighted by molar-refractivity contribution is -0.197. The van der Waals surface area contributed by atoms with Crippen LogP contribution in [-0.4, -0.2) is 99.2 Å². The number of carbonyl (C=O) groups is 7. The van der Waals surface area contributed by atoms with Crippen LogP contribution in [0, 0.1) is 23.7 Å². The van der Waals surface area contributed by atoms with Gasteiger partial charge in [0, 0.05) is 17.0 Å². The molecule has 1 aromatic carbocycles. The summed E-state index contributed by atoms with van der Waals surface area (Å²) >= 11 is 0. The van der Waals surface area contributed by atoms with Crippen LogP contribution in [0.25, 0.3) is 0 Å². The fraction of sp³-hybridized carbons (Fsp3) is 0.594. The van der Waals surface area contributed by atoms with Gasteiger partial charge in [0.1, 0.15) is 5.75 Å². The molecular weight excluding hydrogens is 614 g/mol. The fourth-order valence-electron chi connectivity index (χ4n) is 7.21. The van der Waals surface area contributed by atoms with Gasteiger partial charge in [0.2, 0.25) is 17.3 Å². The van der Waals surface area contributed by atoms with E-state index in [-0.39, 0.29) is 16.8 Å². The number of hydrogen-bond donors (Lipinski definition) is 6. The second kappa shape index (κ2) is 11.7. The standard InChI is InChI=1S/C32H43N5O10/c1-12-13-10-11-14(34-28(45)35-30(2,3)4)21(38)16(13)22(39)17-15(12)23(40)19-20(37(8)9)24(41)18(27(33)44)26(43)32(19,25(17)42)47-29(46)36-31(5,6)7/h10-12,15,17-20,23,38,40H,1-9H3,(H2,33,44)(H,36,46)(H2,34,35,45)/t12-,15+,17?,18?,19+,20-,23-,32-/m0/s1. The number of rotatable bonds is 4. The summed E-state index contributed by atoms with van der Waals surface area (Å²) in [5.74, 6) is -14.7. The van der Waals surface area contributed by atoms with Gasteiger partial charge in [-0.05, 0) is 73.2 Å². The molecule has 0 bridgehead atoms. The van der Waals surface area contributed by atoms with Crippen molar-refractivity contribution in [3.8, 4) is 5.75 Å². The van der Waals surface area contributed by atoms with Crippen molar-refractivity contribution in [3.63, 3.8) is 0 Å². The highest BCUT2D eigenvalue weighted by atomic mass is 16.6. The van der Waals surface area contributed by atoms with E-state index in [9.17, 15) is 43.8 Å². The third-order valence-electron chi connectivity index (χ3n) is 8.92. The van der Waals surface area contributed by atoms with Crippen molar-refractivity contribution < 1.29 is 48.5 Å². The molecule has 4 rings (SSSR count). The molecule has 2 saturated carbocycles. The zero-order chi connectivity index (χ0) is 35.7. The Morgan fingerprint density at radius 3 is 2.04 bits per heavy atom. The van der Waals surface area contributed by atoms with E-state index in [1.807, 2.05) is 0 Å². The minimum Gasteiger partial charge on any atom is -0.505 e. The molecule has 7 N–H and O–H groups in total. The number of fused-ring (bicyclic) bond motifs is 3. The number of ether oxygens (including phenoxy) is 1. The Kier molecular flexibility index (Phi) is 8.84. The van der Waals surface area contributed by atoms with Crippen molar-refractivity contribution in [2.24, 2.45) is 29.4 Å². The largest absolute Gasteiger partial charge is 0.505 e. The van der Waals surface area contributed by atoms with Gasteiger partial charge in [0.05, 0.1) is 35.2 Å². The van der Waals surface area contributed by atoms with Gasteiger partial charge in [-0.1, -0.05) is 13.0 Å². The summed E-state index contributed by atoms with van der Waals surface area (Å²) in [6.45, 7) is 11.6. The van der Waals surface area contributed by atoms with Crippen molar-refractivity contribution in [1.29, 1.82) is 0 Å². The maximum atomic E-state index is 14.8. The predicted octanol–water partition coefficient (Wildman–Crippen LogP) is 0.851. The topological polar surface area (TPSA) is 235 Å². The molecule has 0 aliphatic heterocycles. The van der Waals surface area contributed by atoms with E-state index in [0.29, 0.717) is 0 Å². The third-order valence-corrected chi connectivity index (χ3v) is 8.92. The highest BCUT2D eigenvalue weighted by molar-refractivity contribution is 6.33. The van der Waals surface area contributed by atoms with Crippen LogP contribution < -0.4 is 21.7 Å². The van der Waals surface area contributed by atoms with Gasteiger partial charge in [-0.25, -0.2) is 9.59 Å². The molecular formula is C32H43N5O10. The van der Waals surface area contributed by atoms with Crippen molar-refractivity contribution in [2.75, 3.05) is 19.4 Å². The predicted molar refractivity (Wildman–Crippen MR) is 167 cm³/mol. The Balaban J connectivity index is 1.94. The van der Waals surface area contributed by atoms with E-state index < -0.39 is 105 Å². The molecule has 4 amide bonds. The molecule has 47 heavy (non-hydrogen) atoms. The van der Waals surface area contributed by atoms with Crippen LogP contribution in [0.15, 0.2) is 12.1 Å². The van der Waals surface area contributed by atoms with Crippen LogP contribution in [0.2, 0.25) is 0 Å². The average Bonchev–Trinajstić information content (AvgIpc) is 2.89. The smallest absolute Gasteiger partial charge is 0.409 e. The Labute approximate surface area is 271 Å². The molecule has 0 aromatic heterocycles. The van der Waals surface area contributed by atoms with E-state index in [4.69, 9.17) is 10.5 Å². The van der Waals surface area contributed by atoms with Gasteiger partial charge in [-0.15, -0.1) is 0 Å². The fourth-order valence-corrected chi connectivity index (χ4v) is 7.21. The second-order valence-electron chi connectivity index (χ2n) is 14.9. The van der Waals surface area contributed by atoms with Crippen LogP contribution >= 0.6 is 0 Å². The molecule has 2 fully saturated rings. The summed E-state index contributed by atoms with van der Waals surface area (Å²) in [5.41, 5.74) is 0.672. The number of nitrogens with zero attached hydrogens (tertiary/aromatic N) is 1. The number of aliphatic hydroxyl groups excluding tert-OH is 1. The number of alkyl carbamates (subject to hydrolysis) is 1. The van der Waals surface area contributed by atoms with Gasteiger partial charge in [0.15, 0.2) is 23.3 Å². The maximum absolute atomic E-state index is 14.8. The molecule has 3 aliphatic carbocycles. The van der Waals surface area contributed by atoms with Crippen LogP contribution in [-0.2, 0) is 23.9 Å². The number of hydrogen-bond acceptors (Lipinski definition) is 11. The molecule has 0 spiro atoms. The van der Waals surface area contributed by atoms with Gasteiger partial charge >= 0.3 is 12.1 Å². The van der Waals surface area contributed by atoms with E-state index >= 15 is 0 Å². The van der Waals surface area contributed by atoms with Crippen molar-refractivity contribution in [2.45, 2.75) is 83.2 Å². The van der Waals surface area contributed by atoms with Crippen molar-refractivity contribution in [3.05, 3.63) is 23.3 Å². The quantitative estimate of drug-likeness (QED) is 0.196. The Hall–Kier alpha value is -4.37. The number of nitrogens with two attached hydrogens (primary N) is 1. The number of Topliss-reactive ketones (excluding diaryl/α,β-unsaturated/α-hetero) is 4. The first kappa shape index (κ1) is 35.5. The number of phenols is 1. The van der Waals surface area contributed by atoms with E-state index in [1.165, 1.54) is 31.1 Å². The summed E-state index contributed by atoms with van der Waals surface area (Å²) in [6.07, 6.45) is -3.07. The highest BCUT2D eigenvalue weighted by Crippen LogP contribution is 2.56. The summed E-state index contributed by atoms with van der Waals surface area (Å²) in [4.78, 5) is 96.8. The minimum absolute atomic E-state index is 0.150. The van der Waals surface area contributed by atoms with E-state index in [1.54, 1.807) is 48.5 Å². The average molecular weight is 658 g/mol. The number of ketones is 4. The first-order valence-corrected chi connectivity index (χ1v) is 15.2. The first-order chi connectivity index (χ1) is 21.5. The maximum Gasteiger partial charge on any atom is 0.409 e. The molecule has 256 valence electrons. The summed E-state index contributed by atoms with van der Waals surface area (Å²) < 4.78 is 5.66. The highest BCUT2D eigenvalue weighted by Gasteiger charge is 2.75. The SMILES string of the molecule is C[C@H]1c2ccc(NC(=O)NC(C)(C)C)c(O)c2C(=O)C2C(=O)[C@]3(OC(=O)NC(C)(C)C)C(=O)C(C(N)=O)C(=O)[C@@H](N(C)C)[C@@H]3[C@@H](O)[C@@H]21. The lowest BCUT2D eigenvalue weighted by Gasteiger charge is -2.56. The zero-order valence-electron chi connectivity index (χ0n) is 27.9. The molecule has 0 saturated heterocycles. The molecule has 3 aliphatic rings. The normalized spacial score (nSPS) is 30.6. The molecule has 0 radical (unpaired) electrons. The Bertz CT molecular complexity index is 1570. The number of urea groups is 1. The Morgan fingerprint density at radius 1 is 0.957 bits per heavy atom. The van der Waals surface area contributed by atoms with E-state index in [0.717, 1.165) is 0 Å². The summed E-state index contributed by atoms with van der Waals surface area (Å²) in [7, 11) is 2.85. The van der Waals surface area contributed by atoms with Gasteiger partial charge in [0.25, 0.3) is 0 Å². The number of benzene rings is 1. The first-order valence-electron chi connectivity index (χ1n) is 15.2. The summed E-state index contributed by atoms with van der Waals surface area (Å²) in [5, 5.41) is 31.0. The van der Waals surface area contributed by atoms with Crippen LogP contribution in [0.3, 0.4) is 0 Å². The van der Waals surface area contributed by atoms with Gasteiger partial charge in [-0.3, -0.25) is 28.9 Å². The zero-order valence-corrected chi connectivity index (χ0v) is 27.9. The third kappa shape index (κ3) is 5.86. The van der Waals surface area contributed by atoms with Crippen LogP contribution in [0.4, 0.5) is 15.3 Å². The number of amides is 4. The number of aliphatic hydroxyl groups is 1. The van der Waals surface area contributed by atoms with Gasteiger partial charge in [-0.2, -0.15) is 0 Å². The number of aromatic hydroxyl groups is 1. The van der Waals surface area contributed by atoms with Crippen molar-refractivity contribution >= 4 is 46.9 Å². The second-order valence-corrected chi connectivity index (χ2v) is 14.9. The lowest BCUT2D eigenvalue weighted by Crippen LogP contribution is -2.79. The molecule has 2 unspecified atom stereocenters. The van der Waals surface area contributed by atoms with Gasteiger partial charge < -0.3 is 36.6 Å². The number of anilines is 1. The van der Waals surface area contributed by atoms with Crippen LogP contribution in [0.1, 0.15) is 70.3 Å². The van der Waals surface area contributed by atoms with Crippen molar-refractivity contribution in [1.82, 2.24) is 15.5 Å². The number of carbonyl (C=O) groups excluding carboxylic acids is 7. The number of primary amides is 1. The molecule has 8 atom stereocenters. The number of nitrogens with one attached hydrogen (secondary N) is 3. The molecule has 15 heteroatoms. The lowest BCUT2D eigenvalue weighted by atomic mass is 9.49. The number of phenolic OH excluding ortho intramolecular Hbond substituents is 1. The Morgan fingerprint density at radius 2 is 1.53 bits per heavy atom. The molecule has 15 nitrogen and oxygen atoms in total. The summed E-state index contributed by atoms with van der Waals surface area (Å²) in [6, 6.07) is 0.639. The monoisotopic (exact) mass is 657 g/mol. The molecule has 0 heterocycles. The van der Waals surface area contributed by atoms with Crippen LogP contribution in [0.5, 0.6) is 5.75 Å². The minimum atomic E-state index is -3.00.